The van der Waals surface area contributed by atoms with Crippen LogP contribution in [0, 0.1) is 0 Å². The van der Waals surface area contributed by atoms with E-state index in [4.69, 9.17) is 0 Å². The Balaban J connectivity index is 1.70. The van der Waals surface area contributed by atoms with Crippen molar-refractivity contribution in [2.45, 2.75) is 18.9 Å². The molecule has 0 bridgehead atoms. The molecular formula is C16H18N2O2S. The molecule has 0 unspecified atom stereocenters. The topological polar surface area (TPSA) is 52.6 Å². The average molecular weight is 302 g/mol. The summed E-state index contributed by atoms with van der Waals surface area (Å²) in [4.78, 5) is 13.9. The van der Waals surface area contributed by atoms with Crippen molar-refractivity contribution in [3.8, 4) is 11.1 Å². The summed E-state index contributed by atoms with van der Waals surface area (Å²) in [5.41, 5.74) is 3.03. The number of urea groups is 1. The van der Waals surface area contributed by atoms with Gasteiger partial charge in [0.15, 0.2) is 0 Å². The number of likely N-dealkylation sites (tertiary alicyclic amines) is 1. The quantitative estimate of drug-likeness (QED) is 0.893. The second kappa shape index (κ2) is 6.28. The summed E-state index contributed by atoms with van der Waals surface area (Å²) in [5, 5.41) is 16.7. The number of benzene rings is 1. The third kappa shape index (κ3) is 3.43. The van der Waals surface area contributed by atoms with E-state index in [0.29, 0.717) is 13.1 Å². The number of anilines is 1. The third-order valence-electron chi connectivity index (χ3n) is 3.65. The Morgan fingerprint density at radius 2 is 2.24 bits per heavy atom. The molecule has 5 heteroatoms. The maximum absolute atomic E-state index is 12.2. The number of carbonyl (C=O) groups excluding carboxylic acids is 1. The normalized spacial score (nSPS) is 18.5. The second-order valence-electron chi connectivity index (χ2n) is 5.27. The molecule has 0 aliphatic carbocycles. The highest BCUT2D eigenvalue weighted by Crippen LogP contribution is 2.25. The van der Waals surface area contributed by atoms with E-state index in [2.05, 4.69) is 16.8 Å². The van der Waals surface area contributed by atoms with Gasteiger partial charge in [-0.15, -0.1) is 0 Å². The number of carbonyl (C=O) groups is 1. The zero-order valence-corrected chi connectivity index (χ0v) is 12.5. The summed E-state index contributed by atoms with van der Waals surface area (Å²) in [6.45, 7) is 1.11. The van der Waals surface area contributed by atoms with Crippen LogP contribution in [0.15, 0.2) is 41.1 Å². The number of nitrogens with zero attached hydrogens (tertiary/aromatic N) is 1. The Bertz CT molecular complexity index is 612. The zero-order chi connectivity index (χ0) is 14.7. The minimum atomic E-state index is -0.401. The Kier molecular flexibility index (Phi) is 4.22. The van der Waals surface area contributed by atoms with Gasteiger partial charge in [0.1, 0.15) is 0 Å². The molecule has 2 N–H and O–H groups in total. The van der Waals surface area contributed by atoms with Crippen molar-refractivity contribution < 1.29 is 9.90 Å². The lowest BCUT2D eigenvalue weighted by molar-refractivity contribution is 0.0883. The molecule has 1 aromatic carbocycles. The van der Waals surface area contributed by atoms with Gasteiger partial charge in [-0.1, -0.05) is 12.1 Å². The van der Waals surface area contributed by atoms with E-state index in [9.17, 15) is 9.90 Å². The van der Waals surface area contributed by atoms with Gasteiger partial charge in [0.05, 0.1) is 6.10 Å². The average Bonchev–Trinajstić information content (AvgIpc) is 3.02. The molecule has 1 aliphatic rings. The fourth-order valence-electron chi connectivity index (χ4n) is 2.55. The van der Waals surface area contributed by atoms with Crippen molar-refractivity contribution in [1.29, 1.82) is 0 Å². The van der Waals surface area contributed by atoms with Gasteiger partial charge in [-0.3, -0.25) is 0 Å². The third-order valence-corrected chi connectivity index (χ3v) is 4.34. The van der Waals surface area contributed by atoms with E-state index in [0.717, 1.165) is 29.7 Å². The van der Waals surface area contributed by atoms with Gasteiger partial charge in [-0.05, 0) is 52.9 Å². The first-order valence-electron chi connectivity index (χ1n) is 7.09. The molecule has 1 saturated heterocycles. The molecule has 110 valence electrons. The summed E-state index contributed by atoms with van der Waals surface area (Å²) in [7, 11) is 0. The molecule has 0 saturated carbocycles. The maximum Gasteiger partial charge on any atom is 0.321 e. The van der Waals surface area contributed by atoms with Crippen LogP contribution in [0.1, 0.15) is 12.8 Å². The predicted octanol–water partition coefficient (Wildman–Crippen LogP) is 3.40. The van der Waals surface area contributed by atoms with Crippen molar-refractivity contribution in [2.75, 3.05) is 18.4 Å². The zero-order valence-electron chi connectivity index (χ0n) is 11.7. The summed E-state index contributed by atoms with van der Waals surface area (Å²) in [6, 6.07) is 9.74. The summed E-state index contributed by atoms with van der Waals surface area (Å²) in [6.07, 6.45) is 1.22. The number of hydrogen-bond acceptors (Lipinski definition) is 3. The SMILES string of the molecule is O=C(Nc1cccc(-c2ccsc2)c1)N1CCC[C@@H](O)C1. The lowest BCUT2D eigenvalue weighted by atomic mass is 10.1. The van der Waals surface area contributed by atoms with E-state index in [1.54, 1.807) is 16.2 Å². The standard InChI is InChI=1S/C16H18N2O2S/c19-15-5-2-7-18(10-15)16(20)17-14-4-1-3-12(9-14)13-6-8-21-11-13/h1,3-4,6,8-9,11,15,19H,2,5,7,10H2,(H,17,20)/t15-/m1/s1. The summed E-state index contributed by atoms with van der Waals surface area (Å²) >= 11 is 1.65. The molecule has 0 spiro atoms. The Morgan fingerprint density at radius 1 is 1.33 bits per heavy atom. The highest BCUT2D eigenvalue weighted by molar-refractivity contribution is 7.08. The smallest absolute Gasteiger partial charge is 0.321 e. The van der Waals surface area contributed by atoms with Crippen LogP contribution in [-0.4, -0.2) is 35.2 Å². The van der Waals surface area contributed by atoms with Crippen LogP contribution in [0.5, 0.6) is 0 Å². The molecule has 2 amide bonds. The van der Waals surface area contributed by atoms with Crippen LogP contribution in [0.2, 0.25) is 0 Å². The molecule has 1 atom stereocenters. The molecule has 21 heavy (non-hydrogen) atoms. The summed E-state index contributed by atoms with van der Waals surface area (Å²) in [5.74, 6) is 0. The van der Waals surface area contributed by atoms with Crippen LogP contribution in [-0.2, 0) is 0 Å². The monoisotopic (exact) mass is 302 g/mol. The van der Waals surface area contributed by atoms with Crippen LogP contribution in [0.4, 0.5) is 10.5 Å². The molecule has 0 radical (unpaired) electrons. The van der Waals surface area contributed by atoms with Crippen LogP contribution in [0.25, 0.3) is 11.1 Å². The Morgan fingerprint density at radius 3 is 3.00 bits per heavy atom. The van der Waals surface area contributed by atoms with Gasteiger partial charge >= 0.3 is 6.03 Å². The first-order valence-corrected chi connectivity index (χ1v) is 8.03. The largest absolute Gasteiger partial charge is 0.391 e. The lowest BCUT2D eigenvalue weighted by Crippen LogP contribution is -2.44. The van der Waals surface area contributed by atoms with Gasteiger partial charge in [0, 0.05) is 18.8 Å². The molecule has 2 heterocycles. The number of rotatable bonds is 2. The fourth-order valence-corrected chi connectivity index (χ4v) is 3.21. The van der Waals surface area contributed by atoms with Crippen LogP contribution in [0.3, 0.4) is 0 Å². The minimum absolute atomic E-state index is 0.142. The number of β-amino-alcohol motifs (C(OH)–C–C–N with tert-alkyl or cyclic N) is 1. The van der Waals surface area contributed by atoms with Crippen LogP contribution >= 0.6 is 11.3 Å². The summed E-state index contributed by atoms with van der Waals surface area (Å²) < 4.78 is 0. The number of aliphatic hydroxyl groups is 1. The number of amides is 2. The van der Waals surface area contributed by atoms with Crippen molar-refractivity contribution in [1.82, 2.24) is 4.90 Å². The molecule has 1 fully saturated rings. The number of hydrogen-bond donors (Lipinski definition) is 2. The fraction of sp³-hybridized carbons (Fsp3) is 0.312. The second-order valence-corrected chi connectivity index (χ2v) is 6.05. The molecule has 3 rings (SSSR count). The molecular weight excluding hydrogens is 284 g/mol. The number of nitrogens with one attached hydrogen (secondary N) is 1. The van der Waals surface area contributed by atoms with E-state index in [-0.39, 0.29) is 6.03 Å². The Hall–Kier alpha value is -1.85. The van der Waals surface area contributed by atoms with Crippen molar-refractivity contribution in [3.63, 3.8) is 0 Å². The highest BCUT2D eigenvalue weighted by atomic mass is 32.1. The first kappa shape index (κ1) is 14.1. The lowest BCUT2D eigenvalue weighted by Gasteiger charge is -2.30. The van der Waals surface area contributed by atoms with Gasteiger partial charge in [0.25, 0.3) is 0 Å². The van der Waals surface area contributed by atoms with Gasteiger partial charge < -0.3 is 15.3 Å². The van der Waals surface area contributed by atoms with Crippen LogP contribution < -0.4 is 5.32 Å². The predicted molar refractivity (Wildman–Crippen MR) is 85.6 cm³/mol. The molecule has 1 aliphatic heterocycles. The molecule has 2 aromatic rings. The highest BCUT2D eigenvalue weighted by Gasteiger charge is 2.21. The van der Waals surface area contributed by atoms with Crippen molar-refractivity contribution >= 4 is 23.1 Å². The first-order chi connectivity index (χ1) is 10.2. The molecule has 4 nitrogen and oxygen atoms in total. The van der Waals surface area contributed by atoms with Gasteiger partial charge in [-0.2, -0.15) is 11.3 Å². The van der Waals surface area contributed by atoms with E-state index < -0.39 is 6.10 Å². The minimum Gasteiger partial charge on any atom is -0.391 e. The molecule has 1 aromatic heterocycles. The maximum atomic E-state index is 12.2. The number of piperidine rings is 1. The van der Waals surface area contributed by atoms with E-state index in [1.165, 1.54) is 0 Å². The van der Waals surface area contributed by atoms with Gasteiger partial charge in [0.2, 0.25) is 0 Å². The van der Waals surface area contributed by atoms with Crippen molar-refractivity contribution in [3.05, 3.63) is 41.1 Å². The van der Waals surface area contributed by atoms with Crippen molar-refractivity contribution in [2.24, 2.45) is 0 Å². The number of thiophene rings is 1. The van der Waals surface area contributed by atoms with Gasteiger partial charge in [-0.25, -0.2) is 4.79 Å². The van der Waals surface area contributed by atoms with E-state index >= 15 is 0 Å². The Labute approximate surface area is 128 Å². The van der Waals surface area contributed by atoms with E-state index in [1.807, 2.05) is 29.6 Å². The number of aliphatic hydroxyl groups excluding tert-OH is 1.